The molecular weight excluding hydrogens is 494 g/mol. The van der Waals surface area contributed by atoms with Crippen LogP contribution in [0.5, 0.6) is 17.2 Å². The standard InChI is InChI=1S/C29H31N7O3/c1-18-19(2)36(15-5-14-35(3)4)26-13-11-23(17-25(18)26)39-22-9-6-20(7-10-22)29(38)30-21-8-12-24(27(37)16-21)28-31-33-34-32-28/h6-13,16-17,37H,5,14-15H2,1-4H3,(H,30,38)(H,31,32,33,34). The quantitative estimate of drug-likeness (QED) is 0.244. The summed E-state index contributed by atoms with van der Waals surface area (Å²) >= 11 is 0. The minimum atomic E-state index is -0.309. The molecule has 0 bridgehead atoms. The molecule has 3 N–H and O–H groups in total. The van der Waals surface area contributed by atoms with Crippen molar-refractivity contribution in [3.05, 3.63) is 77.5 Å². The number of ether oxygens (including phenoxy) is 1. The van der Waals surface area contributed by atoms with Crippen molar-refractivity contribution in [1.82, 2.24) is 30.1 Å². The first kappa shape index (κ1) is 25.9. The zero-order valence-electron chi connectivity index (χ0n) is 22.4. The van der Waals surface area contributed by atoms with Gasteiger partial charge in [-0.1, -0.05) is 0 Å². The highest BCUT2D eigenvalue weighted by Gasteiger charge is 2.14. The van der Waals surface area contributed by atoms with E-state index in [1.807, 2.05) is 6.07 Å². The van der Waals surface area contributed by atoms with E-state index in [0.717, 1.165) is 25.3 Å². The van der Waals surface area contributed by atoms with Gasteiger partial charge in [-0.3, -0.25) is 4.79 Å². The Labute approximate surface area is 226 Å². The Morgan fingerprint density at radius 2 is 1.82 bits per heavy atom. The molecule has 5 aromatic rings. The lowest BCUT2D eigenvalue weighted by Gasteiger charge is -2.12. The van der Waals surface area contributed by atoms with Gasteiger partial charge in [0, 0.05) is 40.5 Å². The third-order valence-electron chi connectivity index (χ3n) is 6.79. The van der Waals surface area contributed by atoms with Crippen molar-refractivity contribution in [2.24, 2.45) is 0 Å². The second kappa shape index (κ2) is 11.0. The molecule has 5 rings (SSSR count). The number of anilines is 1. The lowest BCUT2D eigenvalue weighted by molar-refractivity contribution is 0.102. The first-order valence-corrected chi connectivity index (χ1v) is 12.7. The van der Waals surface area contributed by atoms with Gasteiger partial charge in [-0.05, 0) is 106 Å². The third kappa shape index (κ3) is 5.60. The molecule has 0 aliphatic heterocycles. The normalized spacial score (nSPS) is 11.3. The number of aromatic nitrogens is 5. The SMILES string of the molecule is Cc1c(C)n(CCCN(C)C)c2ccc(Oc3ccc(C(=O)Nc4ccc(-c5nn[nH]n5)c(O)c4)cc3)cc12. The molecule has 0 unspecified atom stereocenters. The summed E-state index contributed by atoms with van der Waals surface area (Å²) in [6, 6.07) is 17.8. The first-order chi connectivity index (χ1) is 18.8. The number of hydrogen-bond acceptors (Lipinski definition) is 7. The van der Waals surface area contributed by atoms with E-state index in [1.165, 1.54) is 28.2 Å². The summed E-state index contributed by atoms with van der Waals surface area (Å²) < 4.78 is 8.50. The van der Waals surface area contributed by atoms with E-state index < -0.39 is 0 Å². The van der Waals surface area contributed by atoms with Crippen LogP contribution < -0.4 is 10.1 Å². The lowest BCUT2D eigenvalue weighted by Crippen LogP contribution is -2.15. The second-order valence-corrected chi connectivity index (χ2v) is 9.75. The fourth-order valence-electron chi connectivity index (χ4n) is 4.61. The van der Waals surface area contributed by atoms with Crippen LogP contribution in [0.25, 0.3) is 22.3 Å². The number of phenolic OH excluding ortho intramolecular Hbond substituents is 1. The van der Waals surface area contributed by atoms with Gasteiger partial charge in [0.25, 0.3) is 5.91 Å². The number of aromatic amines is 1. The minimum Gasteiger partial charge on any atom is -0.507 e. The van der Waals surface area contributed by atoms with Crippen molar-refractivity contribution in [1.29, 1.82) is 0 Å². The molecule has 0 atom stereocenters. The van der Waals surface area contributed by atoms with Crippen molar-refractivity contribution in [2.45, 2.75) is 26.8 Å². The zero-order chi connectivity index (χ0) is 27.5. The number of aryl methyl sites for hydroxylation is 2. The minimum absolute atomic E-state index is 0.0655. The van der Waals surface area contributed by atoms with E-state index in [1.54, 1.807) is 36.4 Å². The summed E-state index contributed by atoms with van der Waals surface area (Å²) in [5, 5.41) is 27.8. The summed E-state index contributed by atoms with van der Waals surface area (Å²) in [7, 11) is 4.19. The van der Waals surface area contributed by atoms with Crippen molar-refractivity contribution >= 4 is 22.5 Å². The van der Waals surface area contributed by atoms with Crippen molar-refractivity contribution < 1.29 is 14.6 Å². The zero-order valence-corrected chi connectivity index (χ0v) is 22.4. The van der Waals surface area contributed by atoms with Crippen LogP contribution in [0.15, 0.2) is 60.7 Å². The third-order valence-corrected chi connectivity index (χ3v) is 6.79. The Bertz CT molecular complexity index is 1610. The maximum Gasteiger partial charge on any atom is 0.255 e. The molecule has 0 aliphatic rings. The van der Waals surface area contributed by atoms with Crippen LogP contribution in [0.4, 0.5) is 5.69 Å². The molecule has 0 radical (unpaired) electrons. The molecule has 0 saturated heterocycles. The number of benzene rings is 3. The molecule has 0 aliphatic carbocycles. The number of phenols is 1. The predicted octanol–water partition coefficient (Wildman–Crippen LogP) is 5.14. The summed E-state index contributed by atoms with van der Waals surface area (Å²) in [6.45, 7) is 6.33. The Kier molecular flexibility index (Phi) is 7.29. The van der Waals surface area contributed by atoms with Crippen molar-refractivity contribution in [3.8, 4) is 28.6 Å². The van der Waals surface area contributed by atoms with Crippen LogP contribution in [0.2, 0.25) is 0 Å². The summed E-state index contributed by atoms with van der Waals surface area (Å²) in [4.78, 5) is 15.0. The van der Waals surface area contributed by atoms with Gasteiger partial charge in [0.15, 0.2) is 0 Å². The molecule has 2 aromatic heterocycles. The molecule has 3 aromatic carbocycles. The fourth-order valence-corrected chi connectivity index (χ4v) is 4.61. The van der Waals surface area contributed by atoms with Gasteiger partial charge in [-0.2, -0.15) is 5.21 Å². The Morgan fingerprint density at radius 1 is 1.05 bits per heavy atom. The average molecular weight is 526 g/mol. The monoisotopic (exact) mass is 525 g/mol. The molecule has 0 spiro atoms. The first-order valence-electron chi connectivity index (χ1n) is 12.7. The molecule has 0 saturated carbocycles. The number of nitrogens with one attached hydrogen (secondary N) is 2. The number of amides is 1. The highest BCUT2D eigenvalue weighted by molar-refractivity contribution is 6.04. The number of carbonyl (C=O) groups is 1. The van der Waals surface area contributed by atoms with E-state index in [9.17, 15) is 9.90 Å². The van der Waals surface area contributed by atoms with E-state index in [-0.39, 0.29) is 17.5 Å². The highest BCUT2D eigenvalue weighted by atomic mass is 16.5. The maximum atomic E-state index is 12.8. The predicted molar refractivity (Wildman–Crippen MR) is 150 cm³/mol. The van der Waals surface area contributed by atoms with Crippen LogP contribution >= 0.6 is 0 Å². The van der Waals surface area contributed by atoms with Gasteiger partial charge in [0.05, 0.1) is 5.56 Å². The van der Waals surface area contributed by atoms with Gasteiger partial charge < -0.3 is 24.6 Å². The number of hydrogen-bond donors (Lipinski definition) is 3. The van der Waals surface area contributed by atoms with Crippen molar-refractivity contribution in [3.63, 3.8) is 0 Å². The molecule has 1 amide bonds. The second-order valence-electron chi connectivity index (χ2n) is 9.75. The van der Waals surface area contributed by atoms with Crippen LogP contribution in [0.1, 0.15) is 28.0 Å². The fraction of sp³-hybridized carbons (Fsp3) is 0.241. The molecule has 10 nitrogen and oxygen atoms in total. The molecular formula is C29H31N7O3. The topological polar surface area (TPSA) is 121 Å². The number of aromatic hydroxyl groups is 1. The Hall–Kier alpha value is -4.70. The molecule has 10 heteroatoms. The Balaban J connectivity index is 1.26. The van der Waals surface area contributed by atoms with Crippen LogP contribution in [-0.4, -0.2) is 61.7 Å². The number of carbonyl (C=O) groups excluding carboxylic acids is 1. The molecule has 200 valence electrons. The number of fused-ring (bicyclic) bond motifs is 1. The number of H-pyrrole nitrogens is 1. The lowest BCUT2D eigenvalue weighted by atomic mass is 10.1. The number of nitrogens with zero attached hydrogens (tertiary/aromatic N) is 5. The van der Waals surface area contributed by atoms with Gasteiger partial charge in [-0.15, -0.1) is 10.2 Å². The van der Waals surface area contributed by atoms with E-state index >= 15 is 0 Å². The van der Waals surface area contributed by atoms with Gasteiger partial charge in [0.1, 0.15) is 17.2 Å². The number of rotatable bonds is 9. The van der Waals surface area contributed by atoms with Crippen LogP contribution in [0, 0.1) is 13.8 Å². The summed E-state index contributed by atoms with van der Waals surface area (Å²) in [5.74, 6) is 1.27. The van der Waals surface area contributed by atoms with Crippen LogP contribution in [-0.2, 0) is 6.54 Å². The summed E-state index contributed by atoms with van der Waals surface area (Å²) in [5.41, 5.74) is 5.04. The van der Waals surface area contributed by atoms with Gasteiger partial charge in [-0.25, -0.2) is 0 Å². The molecule has 0 fully saturated rings. The smallest absolute Gasteiger partial charge is 0.255 e. The maximum absolute atomic E-state index is 12.8. The number of tetrazole rings is 1. The van der Waals surface area contributed by atoms with Crippen molar-refractivity contribution in [2.75, 3.05) is 26.0 Å². The van der Waals surface area contributed by atoms with Gasteiger partial charge >= 0.3 is 0 Å². The summed E-state index contributed by atoms with van der Waals surface area (Å²) in [6.07, 6.45) is 1.09. The van der Waals surface area contributed by atoms with E-state index in [0.29, 0.717) is 22.6 Å². The van der Waals surface area contributed by atoms with E-state index in [2.05, 4.69) is 75.5 Å². The highest BCUT2D eigenvalue weighted by Crippen LogP contribution is 2.32. The molecule has 2 heterocycles. The van der Waals surface area contributed by atoms with Crippen LogP contribution in [0.3, 0.4) is 0 Å². The van der Waals surface area contributed by atoms with Gasteiger partial charge in [0.2, 0.25) is 5.82 Å². The van der Waals surface area contributed by atoms with E-state index in [4.69, 9.17) is 4.74 Å². The Morgan fingerprint density at radius 3 is 2.51 bits per heavy atom. The molecule has 39 heavy (non-hydrogen) atoms. The largest absolute Gasteiger partial charge is 0.507 e. The average Bonchev–Trinajstić information content (AvgIpc) is 3.52.